The number of anilines is 1. The summed E-state index contributed by atoms with van der Waals surface area (Å²) in [6, 6.07) is 7.35. The van der Waals surface area contributed by atoms with Gasteiger partial charge < -0.3 is 4.90 Å². The number of hydrogen-bond donors (Lipinski definition) is 0. The second kappa shape index (κ2) is 5.10. The first kappa shape index (κ1) is 12.9. The van der Waals surface area contributed by atoms with Crippen LogP contribution >= 0.6 is 0 Å². The van der Waals surface area contributed by atoms with Gasteiger partial charge in [0.25, 0.3) is 5.69 Å². The summed E-state index contributed by atoms with van der Waals surface area (Å²) in [5.74, 6) is 0. The van der Waals surface area contributed by atoms with E-state index in [0.717, 1.165) is 25.3 Å². The molecule has 20 heavy (non-hydrogen) atoms. The van der Waals surface area contributed by atoms with Gasteiger partial charge in [-0.25, -0.2) is 0 Å². The summed E-state index contributed by atoms with van der Waals surface area (Å²) in [4.78, 5) is 15.1. The average molecular weight is 272 g/mol. The van der Waals surface area contributed by atoms with Crippen molar-refractivity contribution in [2.75, 3.05) is 31.1 Å². The molecule has 0 radical (unpaired) electrons. The SMILES string of the molecule is N#Cc1cc(N2CCN3CCCC3C2)ccc1[N+](=O)[O-]. The van der Waals surface area contributed by atoms with Crippen LogP contribution in [0.25, 0.3) is 0 Å². The van der Waals surface area contributed by atoms with Crippen LogP contribution < -0.4 is 4.90 Å². The average Bonchev–Trinajstić information content (AvgIpc) is 2.93. The number of hydrogen-bond acceptors (Lipinski definition) is 5. The quantitative estimate of drug-likeness (QED) is 0.605. The minimum atomic E-state index is -0.503. The highest BCUT2D eigenvalue weighted by Crippen LogP contribution is 2.28. The van der Waals surface area contributed by atoms with Crippen molar-refractivity contribution in [2.24, 2.45) is 0 Å². The summed E-state index contributed by atoms with van der Waals surface area (Å²) < 4.78 is 0. The Morgan fingerprint density at radius 1 is 1.35 bits per heavy atom. The maximum absolute atomic E-state index is 10.9. The summed E-state index contributed by atoms with van der Waals surface area (Å²) in [6.07, 6.45) is 2.47. The molecule has 2 fully saturated rings. The Bertz CT molecular complexity index is 581. The molecule has 3 rings (SSSR count). The number of fused-ring (bicyclic) bond motifs is 1. The third kappa shape index (κ3) is 2.21. The fourth-order valence-electron chi connectivity index (χ4n) is 3.20. The van der Waals surface area contributed by atoms with Crippen molar-refractivity contribution in [2.45, 2.75) is 18.9 Å². The minimum Gasteiger partial charge on any atom is -0.369 e. The van der Waals surface area contributed by atoms with Gasteiger partial charge in [-0.3, -0.25) is 15.0 Å². The van der Waals surface area contributed by atoms with E-state index in [1.807, 2.05) is 6.07 Å². The van der Waals surface area contributed by atoms with Gasteiger partial charge in [-0.1, -0.05) is 0 Å². The standard InChI is InChI=1S/C14H16N4O2/c15-9-11-8-12(3-4-14(11)18(19)20)17-7-6-16-5-1-2-13(16)10-17/h3-4,8,13H,1-2,5-7,10H2. The van der Waals surface area contributed by atoms with Crippen LogP contribution in [0, 0.1) is 21.4 Å². The molecule has 0 bridgehead atoms. The third-order valence-electron chi connectivity index (χ3n) is 4.25. The van der Waals surface area contributed by atoms with Crippen LogP contribution in [0.15, 0.2) is 18.2 Å². The van der Waals surface area contributed by atoms with E-state index >= 15 is 0 Å². The Hall–Kier alpha value is -2.13. The minimum absolute atomic E-state index is 0.115. The zero-order chi connectivity index (χ0) is 14.1. The lowest BCUT2D eigenvalue weighted by Gasteiger charge is -2.38. The maximum Gasteiger partial charge on any atom is 0.287 e. The van der Waals surface area contributed by atoms with Gasteiger partial charge in [0.2, 0.25) is 0 Å². The predicted molar refractivity (Wildman–Crippen MR) is 74.6 cm³/mol. The highest BCUT2D eigenvalue weighted by molar-refractivity contribution is 5.60. The number of nitrogens with zero attached hydrogens (tertiary/aromatic N) is 4. The van der Waals surface area contributed by atoms with E-state index in [1.54, 1.807) is 12.1 Å². The summed E-state index contributed by atoms with van der Waals surface area (Å²) in [5, 5.41) is 19.9. The van der Waals surface area contributed by atoms with Crippen molar-refractivity contribution in [1.29, 1.82) is 5.26 Å². The van der Waals surface area contributed by atoms with Gasteiger partial charge in [0, 0.05) is 37.4 Å². The molecule has 0 N–H and O–H groups in total. The molecule has 2 aliphatic heterocycles. The van der Waals surface area contributed by atoms with Gasteiger partial charge in [-0.05, 0) is 31.5 Å². The molecule has 1 unspecified atom stereocenters. The summed E-state index contributed by atoms with van der Waals surface area (Å²) in [6.45, 7) is 4.08. The molecule has 0 amide bonds. The molecular formula is C14H16N4O2. The maximum atomic E-state index is 10.9. The van der Waals surface area contributed by atoms with Crippen molar-refractivity contribution >= 4 is 11.4 Å². The molecular weight excluding hydrogens is 256 g/mol. The molecule has 2 aliphatic rings. The number of nitriles is 1. The predicted octanol–water partition coefficient (Wildman–Crippen LogP) is 1.75. The monoisotopic (exact) mass is 272 g/mol. The first-order valence-electron chi connectivity index (χ1n) is 6.86. The van der Waals surface area contributed by atoms with E-state index in [1.165, 1.54) is 25.5 Å². The van der Waals surface area contributed by atoms with Crippen LogP contribution in [-0.4, -0.2) is 42.0 Å². The fraction of sp³-hybridized carbons (Fsp3) is 0.500. The topological polar surface area (TPSA) is 73.4 Å². The Morgan fingerprint density at radius 2 is 2.20 bits per heavy atom. The van der Waals surface area contributed by atoms with Crippen LogP contribution in [0.3, 0.4) is 0 Å². The second-order valence-electron chi connectivity index (χ2n) is 5.35. The number of rotatable bonds is 2. The molecule has 0 aliphatic carbocycles. The molecule has 0 spiro atoms. The lowest BCUT2D eigenvalue weighted by atomic mass is 10.1. The molecule has 1 aromatic carbocycles. The van der Waals surface area contributed by atoms with Crippen molar-refractivity contribution in [1.82, 2.24) is 4.90 Å². The fourth-order valence-corrected chi connectivity index (χ4v) is 3.20. The Kier molecular flexibility index (Phi) is 3.28. The van der Waals surface area contributed by atoms with Gasteiger partial charge >= 0.3 is 0 Å². The first-order chi connectivity index (χ1) is 9.69. The van der Waals surface area contributed by atoms with Crippen LogP contribution in [0.2, 0.25) is 0 Å². The zero-order valence-electron chi connectivity index (χ0n) is 11.2. The van der Waals surface area contributed by atoms with Crippen LogP contribution in [0.5, 0.6) is 0 Å². The normalized spacial score (nSPS) is 22.4. The lowest BCUT2D eigenvalue weighted by molar-refractivity contribution is -0.385. The third-order valence-corrected chi connectivity index (χ3v) is 4.25. The number of nitro benzene ring substituents is 1. The number of benzene rings is 1. The molecule has 0 saturated carbocycles. The molecule has 6 nitrogen and oxygen atoms in total. The van der Waals surface area contributed by atoms with E-state index in [9.17, 15) is 10.1 Å². The van der Waals surface area contributed by atoms with Crippen molar-refractivity contribution in [3.8, 4) is 6.07 Å². The van der Waals surface area contributed by atoms with Crippen LogP contribution in [0.4, 0.5) is 11.4 Å². The molecule has 2 heterocycles. The number of piperazine rings is 1. The van der Waals surface area contributed by atoms with Crippen LogP contribution in [-0.2, 0) is 0 Å². The van der Waals surface area contributed by atoms with E-state index in [-0.39, 0.29) is 11.3 Å². The van der Waals surface area contributed by atoms with E-state index < -0.39 is 4.92 Å². The van der Waals surface area contributed by atoms with Gasteiger partial charge in [0.1, 0.15) is 11.6 Å². The van der Waals surface area contributed by atoms with Crippen LogP contribution in [0.1, 0.15) is 18.4 Å². The highest BCUT2D eigenvalue weighted by Gasteiger charge is 2.31. The van der Waals surface area contributed by atoms with Crippen molar-refractivity contribution in [3.63, 3.8) is 0 Å². The van der Waals surface area contributed by atoms with E-state index in [2.05, 4.69) is 9.80 Å². The summed E-state index contributed by atoms with van der Waals surface area (Å²) in [5.41, 5.74) is 0.941. The smallest absolute Gasteiger partial charge is 0.287 e. The highest BCUT2D eigenvalue weighted by atomic mass is 16.6. The lowest BCUT2D eigenvalue weighted by Crippen LogP contribution is -2.50. The van der Waals surface area contributed by atoms with Crippen molar-refractivity contribution in [3.05, 3.63) is 33.9 Å². The largest absolute Gasteiger partial charge is 0.369 e. The molecule has 104 valence electrons. The summed E-state index contributed by atoms with van der Waals surface area (Å²) >= 11 is 0. The molecule has 2 saturated heterocycles. The first-order valence-corrected chi connectivity index (χ1v) is 6.86. The van der Waals surface area contributed by atoms with Gasteiger partial charge in [0.15, 0.2) is 0 Å². The summed E-state index contributed by atoms with van der Waals surface area (Å²) in [7, 11) is 0. The van der Waals surface area contributed by atoms with Gasteiger partial charge in [-0.2, -0.15) is 5.26 Å². The Balaban J connectivity index is 1.84. The van der Waals surface area contributed by atoms with Gasteiger partial charge in [0.05, 0.1) is 4.92 Å². The molecule has 1 aromatic rings. The zero-order valence-corrected chi connectivity index (χ0v) is 11.2. The molecule has 1 atom stereocenters. The number of nitro groups is 1. The second-order valence-corrected chi connectivity index (χ2v) is 5.35. The Labute approximate surface area is 117 Å². The van der Waals surface area contributed by atoms with E-state index in [0.29, 0.717) is 6.04 Å². The molecule has 6 heteroatoms. The molecule has 0 aromatic heterocycles. The Morgan fingerprint density at radius 3 is 2.95 bits per heavy atom. The van der Waals surface area contributed by atoms with Gasteiger partial charge in [-0.15, -0.1) is 0 Å². The van der Waals surface area contributed by atoms with E-state index in [4.69, 9.17) is 5.26 Å². The van der Waals surface area contributed by atoms with Crippen molar-refractivity contribution < 1.29 is 4.92 Å².